The second-order valence-corrected chi connectivity index (χ2v) is 3.69. The number of aldehydes is 1. The Labute approximate surface area is 89.3 Å². The number of ether oxygens (including phenoxy) is 1. The fourth-order valence-electron chi connectivity index (χ4n) is 1.10. The lowest BCUT2D eigenvalue weighted by Gasteiger charge is -2.10. The smallest absolute Gasteiger partial charge is 0.153 e. The number of hydrogen-bond donors (Lipinski definition) is 0. The van der Waals surface area contributed by atoms with Gasteiger partial charge in [0.15, 0.2) is 6.29 Å². The molecular weight excluding hydrogens is 190 g/mol. The van der Waals surface area contributed by atoms with Gasteiger partial charge in [-0.2, -0.15) is 5.26 Å². The molecule has 0 saturated heterocycles. The van der Waals surface area contributed by atoms with Crippen LogP contribution in [0.1, 0.15) is 29.8 Å². The van der Waals surface area contributed by atoms with Gasteiger partial charge < -0.3 is 4.74 Å². The van der Waals surface area contributed by atoms with Gasteiger partial charge in [0, 0.05) is 0 Å². The van der Waals surface area contributed by atoms with Gasteiger partial charge in [-0.25, -0.2) is 0 Å². The van der Waals surface area contributed by atoms with E-state index in [1.54, 1.807) is 12.1 Å². The van der Waals surface area contributed by atoms with Crippen molar-refractivity contribution in [1.82, 2.24) is 0 Å². The fourth-order valence-corrected chi connectivity index (χ4v) is 1.10. The van der Waals surface area contributed by atoms with Gasteiger partial charge in [0.1, 0.15) is 5.75 Å². The highest BCUT2D eigenvalue weighted by Crippen LogP contribution is 2.18. The Balaban J connectivity index is 2.89. The second kappa shape index (κ2) is 5.16. The molecule has 1 aromatic carbocycles. The topological polar surface area (TPSA) is 50.1 Å². The van der Waals surface area contributed by atoms with Gasteiger partial charge in [-0.3, -0.25) is 4.79 Å². The van der Waals surface area contributed by atoms with E-state index < -0.39 is 0 Å². The maximum Gasteiger partial charge on any atom is 0.153 e. The molecule has 0 amide bonds. The molecule has 1 rings (SSSR count). The Bertz CT molecular complexity index is 391. The van der Waals surface area contributed by atoms with Crippen LogP contribution in [-0.4, -0.2) is 12.9 Å². The Hall–Kier alpha value is -1.82. The Morgan fingerprint density at radius 2 is 2.27 bits per heavy atom. The van der Waals surface area contributed by atoms with E-state index in [9.17, 15) is 4.79 Å². The molecule has 0 atom stereocenters. The molecule has 0 N–H and O–H groups in total. The first-order valence-electron chi connectivity index (χ1n) is 4.79. The summed E-state index contributed by atoms with van der Waals surface area (Å²) in [5.41, 5.74) is 0.892. The summed E-state index contributed by atoms with van der Waals surface area (Å²) in [5, 5.41) is 8.66. The Morgan fingerprint density at radius 1 is 1.53 bits per heavy atom. The quantitative estimate of drug-likeness (QED) is 0.706. The minimum atomic E-state index is 0.403. The average molecular weight is 203 g/mol. The summed E-state index contributed by atoms with van der Waals surface area (Å²) in [6.07, 6.45) is 0.705. The van der Waals surface area contributed by atoms with Gasteiger partial charge in [0.05, 0.1) is 23.8 Å². The summed E-state index contributed by atoms with van der Waals surface area (Å²) in [5.74, 6) is 0.942. The minimum absolute atomic E-state index is 0.403. The number of benzene rings is 1. The molecule has 0 fully saturated rings. The fraction of sp³-hybridized carbons (Fsp3) is 0.333. The molecule has 1 aromatic rings. The van der Waals surface area contributed by atoms with Gasteiger partial charge in [-0.1, -0.05) is 13.8 Å². The van der Waals surface area contributed by atoms with Crippen LogP contribution in [0.25, 0.3) is 0 Å². The first-order chi connectivity index (χ1) is 7.17. The van der Waals surface area contributed by atoms with E-state index in [2.05, 4.69) is 0 Å². The van der Waals surface area contributed by atoms with Crippen molar-refractivity contribution >= 4 is 6.29 Å². The minimum Gasteiger partial charge on any atom is -0.493 e. The van der Waals surface area contributed by atoms with Gasteiger partial charge in [0.2, 0.25) is 0 Å². The van der Waals surface area contributed by atoms with Crippen molar-refractivity contribution in [3.05, 3.63) is 29.3 Å². The third-order valence-electron chi connectivity index (χ3n) is 1.84. The first-order valence-corrected chi connectivity index (χ1v) is 4.79. The summed E-state index contributed by atoms with van der Waals surface area (Å²) < 4.78 is 5.45. The predicted molar refractivity (Wildman–Crippen MR) is 56.9 cm³/mol. The third kappa shape index (κ3) is 3.10. The summed E-state index contributed by atoms with van der Waals surface area (Å²) in [4.78, 5) is 10.8. The lowest BCUT2D eigenvalue weighted by molar-refractivity contribution is 0.111. The highest BCUT2D eigenvalue weighted by Gasteiger charge is 2.05. The van der Waals surface area contributed by atoms with Crippen LogP contribution < -0.4 is 4.74 Å². The molecule has 3 heteroatoms. The third-order valence-corrected chi connectivity index (χ3v) is 1.84. The molecule has 0 aromatic heterocycles. The molecule has 15 heavy (non-hydrogen) atoms. The highest BCUT2D eigenvalue weighted by molar-refractivity contribution is 5.80. The molecule has 0 aliphatic heterocycles. The molecule has 0 spiro atoms. The number of hydrogen-bond acceptors (Lipinski definition) is 3. The van der Waals surface area contributed by atoms with Crippen molar-refractivity contribution in [3.8, 4) is 11.8 Å². The van der Waals surface area contributed by atoms with Crippen molar-refractivity contribution < 1.29 is 9.53 Å². The van der Waals surface area contributed by atoms with Crippen LogP contribution in [0.5, 0.6) is 5.75 Å². The lowest BCUT2D eigenvalue weighted by Crippen LogP contribution is -2.06. The number of rotatable bonds is 4. The van der Waals surface area contributed by atoms with Crippen LogP contribution in [0.2, 0.25) is 0 Å². The molecule has 0 unspecified atom stereocenters. The molecule has 0 heterocycles. The van der Waals surface area contributed by atoms with Crippen molar-refractivity contribution in [2.75, 3.05) is 6.61 Å². The van der Waals surface area contributed by atoms with Crippen LogP contribution in [0.4, 0.5) is 0 Å². The summed E-state index contributed by atoms with van der Waals surface area (Å²) in [7, 11) is 0. The van der Waals surface area contributed by atoms with Crippen LogP contribution in [-0.2, 0) is 0 Å². The molecule has 0 saturated carbocycles. The zero-order valence-corrected chi connectivity index (χ0v) is 8.86. The summed E-state index contributed by atoms with van der Waals surface area (Å²) in [6, 6.07) is 6.81. The Morgan fingerprint density at radius 3 is 2.80 bits per heavy atom. The molecule has 3 nitrogen and oxygen atoms in total. The average Bonchev–Trinajstić information content (AvgIpc) is 2.25. The van der Waals surface area contributed by atoms with E-state index in [-0.39, 0.29) is 0 Å². The molecule has 0 aliphatic carbocycles. The first kappa shape index (κ1) is 11.3. The number of carbonyl (C=O) groups is 1. The van der Waals surface area contributed by atoms with E-state index >= 15 is 0 Å². The van der Waals surface area contributed by atoms with Crippen molar-refractivity contribution in [2.45, 2.75) is 13.8 Å². The standard InChI is InChI=1S/C12H13NO2/c1-9(2)8-15-12-4-3-10(6-13)5-11(12)7-14/h3-5,7,9H,8H2,1-2H3. The van der Waals surface area contributed by atoms with E-state index in [1.165, 1.54) is 6.07 Å². The number of carbonyl (C=O) groups excluding carboxylic acids is 1. The summed E-state index contributed by atoms with van der Waals surface area (Å²) in [6.45, 7) is 4.63. The van der Waals surface area contributed by atoms with Crippen molar-refractivity contribution in [2.24, 2.45) is 5.92 Å². The van der Waals surface area contributed by atoms with Crippen LogP contribution >= 0.6 is 0 Å². The molecule has 0 aliphatic rings. The van der Waals surface area contributed by atoms with Crippen LogP contribution in [0.15, 0.2) is 18.2 Å². The predicted octanol–water partition coefficient (Wildman–Crippen LogP) is 2.41. The van der Waals surface area contributed by atoms with Crippen molar-refractivity contribution in [1.29, 1.82) is 5.26 Å². The SMILES string of the molecule is CC(C)COc1ccc(C#N)cc1C=O. The number of nitrogens with zero attached hydrogens (tertiary/aromatic N) is 1. The zero-order valence-electron chi connectivity index (χ0n) is 8.86. The van der Waals surface area contributed by atoms with E-state index in [0.29, 0.717) is 35.7 Å². The molecule has 0 bridgehead atoms. The monoisotopic (exact) mass is 203 g/mol. The zero-order chi connectivity index (χ0) is 11.3. The lowest BCUT2D eigenvalue weighted by atomic mass is 10.1. The second-order valence-electron chi connectivity index (χ2n) is 3.69. The van der Waals surface area contributed by atoms with Crippen LogP contribution in [0, 0.1) is 17.2 Å². The van der Waals surface area contributed by atoms with Crippen LogP contribution in [0.3, 0.4) is 0 Å². The highest BCUT2D eigenvalue weighted by atomic mass is 16.5. The molecule has 78 valence electrons. The van der Waals surface area contributed by atoms with Gasteiger partial charge in [0.25, 0.3) is 0 Å². The number of nitriles is 1. The van der Waals surface area contributed by atoms with E-state index in [0.717, 1.165) is 0 Å². The van der Waals surface area contributed by atoms with Crippen molar-refractivity contribution in [3.63, 3.8) is 0 Å². The molecule has 0 radical (unpaired) electrons. The normalized spacial score (nSPS) is 9.73. The largest absolute Gasteiger partial charge is 0.493 e. The van der Waals surface area contributed by atoms with Gasteiger partial charge in [-0.05, 0) is 24.1 Å². The van der Waals surface area contributed by atoms with Gasteiger partial charge in [-0.15, -0.1) is 0 Å². The maximum atomic E-state index is 10.8. The van der Waals surface area contributed by atoms with E-state index in [1.807, 2.05) is 19.9 Å². The van der Waals surface area contributed by atoms with Gasteiger partial charge >= 0.3 is 0 Å². The summed E-state index contributed by atoms with van der Waals surface area (Å²) >= 11 is 0. The Kier molecular flexibility index (Phi) is 3.87. The maximum absolute atomic E-state index is 10.8. The molecular formula is C12H13NO2. The van der Waals surface area contributed by atoms with E-state index in [4.69, 9.17) is 10.00 Å².